The Kier molecular flexibility index (Phi) is 7.86. The van der Waals surface area contributed by atoms with Crippen molar-refractivity contribution in [2.75, 3.05) is 50.2 Å². The molecule has 0 amide bonds. The molecule has 0 aromatic heterocycles. The van der Waals surface area contributed by atoms with Crippen LogP contribution in [0.4, 0.5) is 11.4 Å². The van der Waals surface area contributed by atoms with E-state index in [4.69, 9.17) is 15.2 Å². The number of hydrogen-bond donors (Lipinski definition) is 1. The third-order valence-corrected chi connectivity index (χ3v) is 3.25. The van der Waals surface area contributed by atoms with Crippen LogP contribution >= 0.6 is 15.9 Å². The first-order valence-corrected chi connectivity index (χ1v) is 7.43. The van der Waals surface area contributed by atoms with Crippen molar-refractivity contribution in [3.05, 3.63) is 22.7 Å². The van der Waals surface area contributed by atoms with Crippen molar-refractivity contribution >= 4 is 27.3 Å². The van der Waals surface area contributed by atoms with Gasteiger partial charge in [0.2, 0.25) is 0 Å². The summed E-state index contributed by atoms with van der Waals surface area (Å²) in [6.45, 7) is 8.45. The van der Waals surface area contributed by atoms with Crippen LogP contribution < -0.4 is 10.6 Å². The van der Waals surface area contributed by atoms with Crippen LogP contribution in [0.1, 0.15) is 13.8 Å². The van der Waals surface area contributed by atoms with Crippen molar-refractivity contribution in [3.8, 4) is 0 Å². The molecule has 0 aliphatic rings. The molecule has 0 spiro atoms. The van der Waals surface area contributed by atoms with Gasteiger partial charge in [-0.25, -0.2) is 0 Å². The molecular formula is C14H23BrN2O2. The Balaban J connectivity index is 2.72. The normalized spacial score (nSPS) is 10.7. The fraction of sp³-hybridized carbons (Fsp3) is 0.571. The first-order chi connectivity index (χ1) is 9.19. The van der Waals surface area contributed by atoms with Crippen molar-refractivity contribution < 1.29 is 9.47 Å². The lowest BCUT2D eigenvalue weighted by atomic mass is 10.2. The minimum atomic E-state index is 0.689. The second-order valence-corrected chi connectivity index (χ2v) is 5.00. The maximum Gasteiger partial charge on any atom is 0.0641 e. The maximum atomic E-state index is 6.05. The highest BCUT2D eigenvalue weighted by Crippen LogP contribution is 2.27. The Labute approximate surface area is 124 Å². The van der Waals surface area contributed by atoms with Gasteiger partial charge in [0.1, 0.15) is 0 Å². The topological polar surface area (TPSA) is 47.7 Å². The van der Waals surface area contributed by atoms with E-state index < -0.39 is 0 Å². The number of halogens is 1. The molecular weight excluding hydrogens is 308 g/mol. The van der Waals surface area contributed by atoms with Gasteiger partial charge in [-0.3, -0.25) is 0 Å². The highest BCUT2D eigenvalue weighted by atomic mass is 79.9. The second-order valence-electron chi connectivity index (χ2n) is 4.08. The number of ether oxygens (including phenoxy) is 2. The second kappa shape index (κ2) is 9.18. The van der Waals surface area contributed by atoms with Crippen molar-refractivity contribution in [3.63, 3.8) is 0 Å². The molecule has 1 rings (SSSR count). The van der Waals surface area contributed by atoms with E-state index in [2.05, 4.69) is 20.8 Å². The minimum Gasteiger partial charge on any atom is -0.397 e. The average Bonchev–Trinajstić information content (AvgIpc) is 2.40. The SMILES string of the molecule is CCOCCN(CCOCC)c1cc(Br)ccc1N. The monoisotopic (exact) mass is 330 g/mol. The van der Waals surface area contributed by atoms with Crippen LogP contribution in [0.5, 0.6) is 0 Å². The summed E-state index contributed by atoms with van der Waals surface area (Å²) >= 11 is 3.48. The summed E-state index contributed by atoms with van der Waals surface area (Å²) < 4.78 is 11.9. The minimum absolute atomic E-state index is 0.689. The van der Waals surface area contributed by atoms with Gasteiger partial charge in [0, 0.05) is 30.8 Å². The first kappa shape index (κ1) is 16.3. The number of nitrogen functional groups attached to an aromatic ring is 1. The summed E-state index contributed by atoms with van der Waals surface area (Å²) in [5.41, 5.74) is 7.85. The first-order valence-electron chi connectivity index (χ1n) is 6.64. The molecule has 0 atom stereocenters. The van der Waals surface area contributed by atoms with Gasteiger partial charge >= 0.3 is 0 Å². The number of nitrogens with two attached hydrogens (primary N) is 1. The van der Waals surface area contributed by atoms with Crippen LogP contribution in [0.25, 0.3) is 0 Å². The standard InChI is InChI=1S/C14H23BrN2O2/c1-3-18-9-7-17(8-10-19-4-2)14-11-12(15)5-6-13(14)16/h5-6,11H,3-4,7-10,16H2,1-2H3. The molecule has 0 saturated heterocycles. The van der Waals surface area contributed by atoms with Gasteiger partial charge in [0.15, 0.2) is 0 Å². The van der Waals surface area contributed by atoms with Gasteiger partial charge < -0.3 is 20.1 Å². The summed E-state index contributed by atoms with van der Waals surface area (Å²) in [7, 11) is 0. The number of anilines is 2. The zero-order chi connectivity index (χ0) is 14.1. The Hall–Kier alpha value is -0.780. The maximum absolute atomic E-state index is 6.05. The molecule has 5 heteroatoms. The molecule has 0 saturated carbocycles. The average molecular weight is 331 g/mol. The number of hydrogen-bond acceptors (Lipinski definition) is 4. The molecule has 108 valence electrons. The van der Waals surface area contributed by atoms with E-state index in [9.17, 15) is 0 Å². The Bertz CT molecular complexity index is 364. The Morgan fingerprint density at radius 3 is 2.21 bits per heavy atom. The summed E-state index contributed by atoms with van der Waals surface area (Å²) in [6, 6.07) is 5.89. The van der Waals surface area contributed by atoms with Crippen molar-refractivity contribution in [2.24, 2.45) is 0 Å². The van der Waals surface area contributed by atoms with Crippen LogP contribution in [-0.2, 0) is 9.47 Å². The zero-order valence-corrected chi connectivity index (χ0v) is 13.3. The quantitative estimate of drug-likeness (QED) is 0.558. The van der Waals surface area contributed by atoms with E-state index in [1.54, 1.807) is 0 Å². The number of rotatable bonds is 9. The molecule has 0 heterocycles. The van der Waals surface area contributed by atoms with Crippen molar-refractivity contribution in [1.82, 2.24) is 0 Å². The van der Waals surface area contributed by atoms with Crippen LogP contribution in [0, 0.1) is 0 Å². The van der Waals surface area contributed by atoms with Gasteiger partial charge in [-0.05, 0) is 32.0 Å². The summed E-state index contributed by atoms with van der Waals surface area (Å²) in [6.07, 6.45) is 0. The Morgan fingerprint density at radius 1 is 1.11 bits per heavy atom. The fourth-order valence-electron chi connectivity index (χ4n) is 1.78. The molecule has 1 aromatic rings. The number of benzene rings is 1. The molecule has 0 aliphatic heterocycles. The smallest absolute Gasteiger partial charge is 0.0641 e. The predicted octanol–water partition coefficient (Wildman–Crippen LogP) is 2.91. The van der Waals surface area contributed by atoms with Gasteiger partial charge in [0.05, 0.1) is 24.6 Å². The highest BCUT2D eigenvalue weighted by Gasteiger charge is 2.10. The van der Waals surface area contributed by atoms with Crippen LogP contribution in [-0.4, -0.2) is 39.5 Å². The highest BCUT2D eigenvalue weighted by molar-refractivity contribution is 9.10. The van der Waals surface area contributed by atoms with E-state index in [-0.39, 0.29) is 0 Å². The van der Waals surface area contributed by atoms with Gasteiger partial charge in [0.25, 0.3) is 0 Å². The molecule has 4 nitrogen and oxygen atoms in total. The fourth-order valence-corrected chi connectivity index (χ4v) is 2.13. The van der Waals surface area contributed by atoms with Gasteiger partial charge in [-0.1, -0.05) is 15.9 Å². The van der Waals surface area contributed by atoms with Crippen LogP contribution in [0.15, 0.2) is 22.7 Å². The molecule has 2 N–H and O–H groups in total. The van der Waals surface area contributed by atoms with E-state index in [0.717, 1.165) is 42.2 Å². The lowest BCUT2D eigenvalue weighted by molar-refractivity contribution is 0.141. The molecule has 19 heavy (non-hydrogen) atoms. The largest absolute Gasteiger partial charge is 0.397 e. The lowest BCUT2D eigenvalue weighted by Gasteiger charge is -2.26. The number of nitrogens with zero attached hydrogens (tertiary/aromatic N) is 1. The van der Waals surface area contributed by atoms with E-state index in [0.29, 0.717) is 13.2 Å². The van der Waals surface area contributed by atoms with Crippen LogP contribution in [0.3, 0.4) is 0 Å². The zero-order valence-electron chi connectivity index (χ0n) is 11.7. The summed E-state index contributed by atoms with van der Waals surface area (Å²) in [5.74, 6) is 0. The van der Waals surface area contributed by atoms with E-state index in [1.165, 1.54) is 0 Å². The molecule has 1 aromatic carbocycles. The van der Waals surface area contributed by atoms with Crippen LogP contribution in [0.2, 0.25) is 0 Å². The lowest BCUT2D eigenvalue weighted by Crippen LogP contribution is -2.31. The van der Waals surface area contributed by atoms with E-state index >= 15 is 0 Å². The van der Waals surface area contributed by atoms with Gasteiger partial charge in [-0.15, -0.1) is 0 Å². The molecule has 0 fully saturated rings. The summed E-state index contributed by atoms with van der Waals surface area (Å²) in [5, 5.41) is 0. The van der Waals surface area contributed by atoms with Crippen molar-refractivity contribution in [1.29, 1.82) is 0 Å². The third-order valence-electron chi connectivity index (χ3n) is 2.75. The molecule has 0 bridgehead atoms. The molecule has 0 unspecified atom stereocenters. The van der Waals surface area contributed by atoms with E-state index in [1.807, 2.05) is 32.0 Å². The molecule has 0 radical (unpaired) electrons. The molecule has 0 aliphatic carbocycles. The van der Waals surface area contributed by atoms with Gasteiger partial charge in [-0.2, -0.15) is 0 Å². The third kappa shape index (κ3) is 5.80. The summed E-state index contributed by atoms with van der Waals surface area (Å²) in [4.78, 5) is 2.20. The Morgan fingerprint density at radius 2 is 1.68 bits per heavy atom. The predicted molar refractivity (Wildman–Crippen MR) is 83.8 cm³/mol. The van der Waals surface area contributed by atoms with Crippen molar-refractivity contribution in [2.45, 2.75) is 13.8 Å².